The number of aryl methyl sites for hydroxylation is 1. The largest absolute Gasteiger partial charge is 0.329 e. The molecule has 2 aromatic rings. The summed E-state index contributed by atoms with van der Waals surface area (Å²) >= 11 is 0. The maximum Gasteiger partial charge on any atom is 0.254 e. The summed E-state index contributed by atoms with van der Waals surface area (Å²) in [4.78, 5) is 33.9. The first-order chi connectivity index (χ1) is 14.5. The fourth-order valence-electron chi connectivity index (χ4n) is 5.41. The molecule has 1 aliphatic heterocycles. The Bertz CT molecular complexity index is 949. The highest BCUT2D eigenvalue weighted by molar-refractivity contribution is 6.05. The molecular formula is C25H31N3O2. The van der Waals surface area contributed by atoms with Crippen molar-refractivity contribution in [3.8, 4) is 0 Å². The first-order valence-corrected chi connectivity index (χ1v) is 11.1. The van der Waals surface area contributed by atoms with Gasteiger partial charge in [-0.3, -0.25) is 9.59 Å². The molecule has 2 unspecified atom stereocenters. The minimum Gasteiger partial charge on any atom is -0.329 e. The Morgan fingerprint density at radius 2 is 1.93 bits per heavy atom. The second-order valence-corrected chi connectivity index (χ2v) is 8.78. The molecule has 0 saturated heterocycles. The lowest BCUT2D eigenvalue weighted by atomic mass is 9.64. The van der Waals surface area contributed by atoms with Gasteiger partial charge >= 0.3 is 0 Å². The van der Waals surface area contributed by atoms with Crippen molar-refractivity contribution in [3.05, 3.63) is 59.3 Å². The number of anilines is 1. The summed E-state index contributed by atoms with van der Waals surface area (Å²) in [6.07, 6.45) is 7.50. The summed E-state index contributed by atoms with van der Waals surface area (Å²) in [6.45, 7) is 6.17. The molecule has 1 aromatic carbocycles. The predicted octanol–water partition coefficient (Wildman–Crippen LogP) is 5.07. The molecule has 158 valence electrons. The van der Waals surface area contributed by atoms with Crippen molar-refractivity contribution >= 4 is 17.6 Å². The van der Waals surface area contributed by atoms with E-state index in [-0.39, 0.29) is 17.9 Å². The fraction of sp³-hybridized carbons (Fsp3) is 0.480. The minimum absolute atomic E-state index is 0.0630. The first-order valence-electron chi connectivity index (χ1n) is 11.1. The van der Waals surface area contributed by atoms with Gasteiger partial charge < -0.3 is 10.2 Å². The number of hydrogen-bond acceptors (Lipinski definition) is 3. The highest BCUT2D eigenvalue weighted by atomic mass is 16.2. The molecule has 4 rings (SSSR count). The number of hydrogen-bond donors (Lipinski definition) is 1. The second-order valence-electron chi connectivity index (χ2n) is 8.78. The lowest BCUT2D eigenvalue weighted by Gasteiger charge is -2.55. The molecule has 5 nitrogen and oxygen atoms in total. The number of carbonyl (C=O) groups excluding carboxylic acids is 2. The summed E-state index contributed by atoms with van der Waals surface area (Å²) in [6, 6.07) is 11.6. The molecule has 0 bridgehead atoms. The lowest BCUT2D eigenvalue weighted by molar-refractivity contribution is -0.122. The molecule has 5 heteroatoms. The van der Waals surface area contributed by atoms with E-state index in [9.17, 15) is 9.59 Å². The van der Waals surface area contributed by atoms with Crippen LogP contribution in [0.25, 0.3) is 0 Å². The second kappa shape index (κ2) is 8.21. The van der Waals surface area contributed by atoms with Crippen molar-refractivity contribution in [2.24, 2.45) is 0 Å². The van der Waals surface area contributed by atoms with Gasteiger partial charge in [-0.05, 0) is 56.4 Å². The molecule has 1 aliphatic carbocycles. The highest BCUT2D eigenvalue weighted by Crippen LogP contribution is 2.50. The van der Waals surface area contributed by atoms with Gasteiger partial charge in [0.25, 0.3) is 5.91 Å². The molecular weight excluding hydrogens is 374 g/mol. The number of carbonyl (C=O) groups is 2. The fourth-order valence-corrected chi connectivity index (χ4v) is 5.41. The summed E-state index contributed by atoms with van der Waals surface area (Å²) < 4.78 is 0. The van der Waals surface area contributed by atoms with Gasteiger partial charge in [0.2, 0.25) is 5.91 Å². The lowest BCUT2D eigenvalue weighted by Crippen LogP contribution is -2.64. The van der Waals surface area contributed by atoms with Crippen molar-refractivity contribution < 1.29 is 9.59 Å². The van der Waals surface area contributed by atoms with Crippen LogP contribution < -0.4 is 5.32 Å². The van der Waals surface area contributed by atoms with Crippen LogP contribution in [0.2, 0.25) is 0 Å². The molecule has 1 spiro atoms. The zero-order valence-corrected chi connectivity index (χ0v) is 18.1. The molecule has 1 saturated carbocycles. The van der Waals surface area contributed by atoms with E-state index in [1.165, 1.54) is 0 Å². The quantitative estimate of drug-likeness (QED) is 0.772. The Morgan fingerprint density at radius 3 is 2.63 bits per heavy atom. The van der Waals surface area contributed by atoms with Gasteiger partial charge in [-0.1, -0.05) is 50.5 Å². The minimum atomic E-state index is -0.480. The number of nitrogens with zero attached hydrogens (tertiary/aromatic N) is 2. The van der Waals surface area contributed by atoms with E-state index in [4.69, 9.17) is 0 Å². The molecule has 2 amide bonds. The van der Waals surface area contributed by atoms with E-state index in [0.717, 1.165) is 49.7 Å². The van der Waals surface area contributed by atoms with Gasteiger partial charge in [-0.15, -0.1) is 0 Å². The summed E-state index contributed by atoms with van der Waals surface area (Å²) in [5, 5.41) is 3.10. The van der Waals surface area contributed by atoms with Crippen LogP contribution >= 0.6 is 0 Å². The van der Waals surface area contributed by atoms with Crippen molar-refractivity contribution in [2.75, 3.05) is 5.32 Å². The molecule has 1 aromatic heterocycles. The Morgan fingerprint density at radius 1 is 1.20 bits per heavy atom. The summed E-state index contributed by atoms with van der Waals surface area (Å²) in [5.74, 6) is 0.201. The standard InChI is InChI=1S/C25H31N3O2/c1-4-18(3)28-24(30)20-13-7-6-12-19(20)21(25(28)14-8-5-9-15-25)23(29)27-22-17(2)11-10-16-26-22/h6-7,10-13,16,18,21H,4-5,8-9,14-15H2,1-3H3,(H,26,27,29). The SMILES string of the molecule is CCC(C)N1C(=O)c2ccccc2C(C(=O)Nc2ncccc2C)C12CCCCC2. The Kier molecular flexibility index (Phi) is 5.63. The Hall–Kier alpha value is -2.69. The van der Waals surface area contributed by atoms with Gasteiger partial charge in [0.15, 0.2) is 0 Å². The van der Waals surface area contributed by atoms with Crippen LogP contribution in [0.15, 0.2) is 42.6 Å². The topological polar surface area (TPSA) is 62.3 Å². The number of aromatic nitrogens is 1. The average Bonchev–Trinajstić information content (AvgIpc) is 2.76. The number of fused-ring (bicyclic) bond motifs is 1. The molecule has 30 heavy (non-hydrogen) atoms. The third-order valence-corrected chi connectivity index (χ3v) is 7.00. The molecule has 2 heterocycles. The van der Waals surface area contributed by atoms with Crippen LogP contribution in [0.5, 0.6) is 0 Å². The monoisotopic (exact) mass is 405 g/mol. The maximum absolute atomic E-state index is 13.8. The van der Waals surface area contributed by atoms with E-state index in [0.29, 0.717) is 11.4 Å². The number of pyridine rings is 1. The van der Waals surface area contributed by atoms with E-state index in [1.54, 1.807) is 6.20 Å². The van der Waals surface area contributed by atoms with Crippen molar-refractivity contribution in [3.63, 3.8) is 0 Å². The van der Waals surface area contributed by atoms with Gasteiger partial charge in [0.1, 0.15) is 5.82 Å². The Balaban J connectivity index is 1.85. The van der Waals surface area contributed by atoms with E-state index in [2.05, 4.69) is 29.0 Å². The van der Waals surface area contributed by atoms with Crippen molar-refractivity contribution in [1.29, 1.82) is 0 Å². The van der Waals surface area contributed by atoms with E-state index < -0.39 is 11.5 Å². The third kappa shape index (κ3) is 3.30. The molecule has 1 N–H and O–H groups in total. The number of rotatable bonds is 4. The zero-order valence-electron chi connectivity index (χ0n) is 18.1. The Labute approximate surface area is 178 Å². The van der Waals surface area contributed by atoms with Crippen LogP contribution in [-0.4, -0.2) is 33.3 Å². The number of nitrogens with one attached hydrogen (secondary N) is 1. The zero-order chi connectivity index (χ0) is 21.3. The van der Waals surface area contributed by atoms with Crippen LogP contribution in [-0.2, 0) is 4.79 Å². The summed E-state index contributed by atoms with van der Waals surface area (Å²) in [7, 11) is 0. The van der Waals surface area contributed by atoms with Crippen LogP contribution in [0.1, 0.15) is 79.8 Å². The van der Waals surface area contributed by atoms with Gasteiger partial charge in [0, 0.05) is 17.8 Å². The van der Waals surface area contributed by atoms with Crippen molar-refractivity contribution in [1.82, 2.24) is 9.88 Å². The van der Waals surface area contributed by atoms with Crippen LogP contribution in [0.4, 0.5) is 5.82 Å². The highest BCUT2D eigenvalue weighted by Gasteiger charge is 2.55. The molecule has 0 radical (unpaired) electrons. The predicted molar refractivity (Wildman–Crippen MR) is 119 cm³/mol. The molecule has 2 aliphatic rings. The summed E-state index contributed by atoms with van der Waals surface area (Å²) in [5.41, 5.74) is 1.97. The van der Waals surface area contributed by atoms with Crippen LogP contribution in [0, 0.1) is 6.92 Å². The average molecular weight is 406 g/mol. The van der Waals surface area contributed by atoms with E-state index >= 15 is 0 Å². The third-order valence-electron chi connectivity index (χ3n) is 7.00. The normalized spacial score (nSPS) is 21.2. The van der Waals surface area contributed by atoms with E-state index in [1.807, 2.05) is 43.3 Å². The van der Waals surface area contributed by atoms with Gasteiger partial charge in [0.05, 0.1) is 11.5 Å². The molecule has 1 fully saturated rings. The maximum atomic E-state index is 13.8. The molecule has 2 atom stereocenters. The number of benzene rings is 1. The van der Waals surface area contributed by atoms with Gasteiger partial charge in [-0.25, -0.2) is 4.98 Å². The number of amides is 2. The first kappa shape index (κ1) is 20.6. The van der Waals surface area contributed by atoms with Gasteiger partial charge in [-0.2, -0.15) is 0 Å². The van der Waals surface area contributed by atoms with Crippen molar-refractivity contribution in [2.45, 2.75) is 76.8 Å². The smallest absolute Gasteiger partial charge is 0.254 e. The van der Waals surface area contributed by atoms with Crippen LogP contribution in [0.3, 0.4) is 0 Å².